The van der Waals surface area contributed by atoms with Gasteiger partial charge in [-0.15, -0.1) is 0 Å². The number of carbonyl (C=O) groups excluding carboxylic acids is 1. The Morgan fingerprint density at radius 1 is 1.14 bits per heavy atom. The maximum atomic E-state index is 12.3. The molecule has 0 bridgehead atoms. The summed E-state index contributed by atoms with van der Waals surface area (Å²) in [5.74, 6) is 0.00288. The number of nitrogens with zero attached hydrogens (tertiary/aromatic N) is 1. The highest BCUT2D eigenvalue weighted by molar-refractivity contribution is 5.95. The quantitative estimate of drug-likeness (QED) is 0.806. The Balaban J connectivity index is 2.22. The Labute approximate surface area is 132 Å². The zero-order valence-corrected chi connectivity index (χ0v) is 13.9. The molecule has 2 aromatic rings. The number of aryl methyl sites for hydroxylation is 2. The van der Waals surface area contributed by atoms with Crippen molar-refractivity contribution in [1.29, 1.82) is 0 Å². The average molecular weight is 299 g/mol. The topological polar surface area (TPSA) is 46.1 Å². The summed E-state index contributed by atoms with van der Waals surface area (Å²) in [7, 11) is 1.91. The summed E-state index contributed by atoms with van der Waals surface area (Å²) >= 11 is 0. The minimum atomic E-state index is 0.00288. The number of carbonyl (C=O) groups is 1. The van der Waals surface area contributed by atoms with Crippen LogP contribution in [0.15, 0.2) is 30.3 Å². The Morgan fingerprint density at radius 2 is 1.91 bits per heavy atom. The van der Waals surface area contributed by atoms with E-state index in [2.05, 4.69) is 40.3 Å². The van der Waals surface area contributed by atoms with Crippen molar-refractivity contribution in [3.05, 3.63) is 52.8 Å². The zero-order valence-electron chi connectivity index (χ0n) is 13.9. The maximum absolute atomic E-state index is 12.3. The molecule has 0 spiro atoms. The van der Waals surface area contributed by atoms with E-state index in [0.717, 1.165) is 35.6 Å². The predicted octanol–water partition coefficient (Wildman–Crippen LogP) is 2.74. The number of amides is 1. The second-order valence-corrected chi connectivity index (χ2v) is 5.67. The molecule has 4 nitrogen and oxygen atoms in total. The SMILES string of the molecule is CNCCCNC(=O)c1cc(C)n(-c2cccc(C)c2)c1C. The van der Waals surface area contributed by atoms with Crippen LogP contribution in [0.1, 0.15) is 33.7 Å². The van der Waals surface area contributed by atoms with Gasteiger partial charge in [0.15, 0.2) is 0 Å². The monoisotopic (exact) mass is 299 g/mol. The Kier molecular flexibility index (Phi) is 5.39. The summed E-state index contributed by atoms with van der Waals surface area (Å²) in [5.41, 5.74) is 5.12. The lowest BCUT2D eigenvalue weighted by molar-refractivity contribution is 0.0952. The van der Waals surface area contributed by atoms with Gasteiger partial charge in [0.1, 0.15) is 0 Å². The van der Waals surface area contributed by atoms with E-state index in [1.165, 1.54) is 5.56 Å². The number of hydrogen-bond donors (Lipinski definition) is 2. The van der Waals surface area contributed by atoms with Gasteiger partial charge < -0.3 is 15.2 Å². The third-order valence-electron chi connectivity index (χ3n) is 3.82. The largest absolute Gasteiger partial charge is 0.352 e. The summed E-state index contributed by atoms with van der Waals surface area (Å²) in [6.07, 6.45) is 0.929. The first-order valence-electron chi connectivity index (χ1n) is 7.73. The van der Waals surface area contributed by atoms with E-state index in [1.54, 1.807) is 0 Å². The number of hydrogen-bond acceptors (Lipinski definition) is 2. The van der Waals surface area contributed by atoms with Gasteiger partial charge >= 0.3 is 0 Å². The molecule has 4 heteroatoms. The summed E-state index contributed by atoms with van der Waals surface area (Å²) in [4.78, 5) is 12.3. The van der Waals surface area contributed by atoms with Crippen molar-refractivity contribution in [1.82, 2.24) is 15.2 Å². The first-order valence-corrected chi connectivity index (χ1v) is 7.73. The van der Waals surface area contributed by atoms with Crippen LogP contribution in [-0.2, 0) is 0 Å². The van der Waals surface area contributed by atoms with Crippen molar-refractivity contribution in [3.63, 3.8) is 0 Å². The van der Waals surface area contributed by atoms with Gasteiger partial charge in [-0.3, -0.25) is 4.79 Å². The smallest absolute Gasteiger partial charge is 0.253 e. The van der Waals surface area contributed by atoms with E-state index < -0.39 is 0 Å². The van der Waals surface area contributed by atoms with Gasteiger partial charge in [-0.05, 0) is 64.5 Å². The molecule has 0 fully saturated rings. The summed E-state index contributed by atoms with van der Waals surface area (Å²) in [6, 6.07) is 10.3. The van der Waals surface area contributed by atoms with Gasteiger partial charge in [0, 0.05) is 23.6 Å². The summed E-state index contributed by atoms with van der Waals surface area (Å²) < 4.78 is 2.13. The molecular formula is C18H25N3O. The normalized spacial score (nSPS) is 10.7. The van der Waals surface area contributed by atoms with Gasteiger partial charge in [-0.1, -0.05) is 12.1 Å². The standard InChI is InChI=1S/C18H25N3O/c1-13-7-5-8-16(11-13)21-14(2)12-17(15(21)3)18(22)20-10-6-9-19-4/h5,7-8,11-12,19H,6,9-10H2,1-4H3,(H,20,22). The summed E-state index contributed by atoms with van der Waals surface area (Å²) in [6.45, 7) is 7.70. The lowest BCUT2D eigenvalue weighted by Crippen LogP contribution is -2.26. The molecule has 0 aliphatic carbocycles. The first kappa shape index (κ1) is 16.3. The maximum Gasteiger partial charge on any atom is 0.253 e. The van der Waals surface area contributed by atoms with Crippen LogP contribution in [0.2, 0.25) is 0 Å². The third kappa shape index (κ3) is 3.57. The number of benzene rings is 1. The number of aromatic nitrogens is 1. The van der Waals surface area contributed by atoms with Crippen LogP contribution in [0.3, 0.4) is 0 Å². The van der Waals surface area contributed by atoms with Crippen LogP contribution in [0.25, 0.3) is 5.69 Å². The number of nitrogens with one attached hydrogen (secondary N) is 2. The lowest BCUT2D eigenvalue weighted by Gasteiger charge is -2.11. The van der Waals surface area contributed by atoms with E-state index >= 15 is 0 Å². The van der Waals surface area contributed by atoms with E-state index in [1.807, 2.05) is 33.0 Å². The highest BCUT2D eigenvalue weighted by atomic mass is 16.1. The van der Waals surface area contributed by atoms with Crippen molar-refractivity contribution < 1.29 is 4.79 Å². The lowest BCUT2D eigenvalue weighted by atomic mass is 10.2. The Morgan fingerprint density at radius 3 is 2.59 bits per heavy atom. The molecule has 118 valence electrons. The first-order chi connectivity index (χ1) is 10.5. The van der Waals surface area contributed by atoms with Crippen molar-refractivity contribution in [3.8, 4) is 5.69 Å². The van der Waals surface area contributed by atoms with Gasteiger partial charge in [-0.2, -0.15) is 0 Å². The van der Waals surface area contributed by atoms with Crippen molar-refractivity contribution in [2.75, 3.05) is 20.1 Å². The van der Waals surface area contributed by atoms with E-state index in [0.29, 0.717) is 6.54 Å². The molecule has 1 aromatic carbocycles. The fraction of sp³-hybridized carbons (Fsp3) is 0.389. The molecule has 1 aromatic heterocycles. The molecule has 1 amide bonds. The molecule has 0 aliphatic rings. The fourth-order valence-electron chi connectivity index (χ4n) is 2.72. The zero-order chi connectivity index (χ0) is 16.1. The van der Waals surface area contributed by atoms with Crippen LogP contribution >= 0.6 is 0 Å². The molecule has 0 saturated heterocycles. The predicted molar refractivity (Wildman–Crippen MR) is 90.9 cm³/mol. The van der Waals surface area contributed by atoms with Gasteiger partial charge in [0.2, 0.25) is 0 Å². The van der Waals surface area contributed by atoms with Gasteiger partial charge in [0.25, 0.3) is 5.91 Å². The van der Waals surface area contributed by atoms with Crippen LogP contribution in [0.5, 0.6) is 0 Å². The summed E-state index contributed by atoms with van der Waals surface area (Å²) in [5, 5.41) is 6.06. The highest BCUT2D eigenvalue weighted by Crippen LogP contribution is 2.21. The molecule has 0 radical (unpaired) electrons. The molecule has 2 rings (SSSR count). The van der Waals surface area contributed by atoms with Gasteiger partial charge in [0.05, 0.1) is 5.56 Å². The van der Waals surface area contributed by atoms with E-state index in [9.17, 15) is 4.79 Å². The second kappa shape index (κ2) is 7.27. The van der Waals surface area contributed by atoms with E-state index in [4.69, 9.17) is 0 Å². The van der Waals surface area contributed by atoms with Crippen LogP contribution < -0.4 is 10.6 Å². The fourth-order valence-corrected chi connectivity index (χ4v) is 2.72. The van der Waals surface area contributed by atoms with Crippen molar-refractivity contribution >= 4 is 5.91 Å². The Bertz CT molecular complexity index is 658. The van der Waals surface area contributed by atoms with E-state index in [-0.39, 0.29) is 5.91 Å². The van der Waals surface area contributed by atoms with Gasteiger partial charge in [-0.25, -0.2) is 0 Å². The molecule has 2 N–H and O–H groups in total. The molecule has 0 saturated carbocycles. The molecular weight excluding hydrogens is 274 g/mol. The molecule has 0 atom stereocenters. The minimum Gasteiger partial charge on any atom is -0.352 e. The molecule has 1 heterocycles. The minimum absolute atomic E-state index is 0.00288. The third-order valence-corrected chi connectivity index (χ3v) is 3.82. The van der Waals surface area contributed by atoms with Crippen LogP contribution in [-0.4, -0.2) is 30.6 Å². The molecule has 0 aliphatic heterocycles. The van der Waals surface area contributed by atoms with Crippen LogP contribution in [0.4, 0.5) is 0 Å². The Hall–Kier alpha value is -2.07. The van der Waals surface area contributed by atoms with Crippen molar-refractivity contribution in [2.45, 2.75) is 27.2 Å². The molecule has 22 heavy (non-hydrogen) atoms. The highest BCUT2D eigenvalue weighted by Gasteiger charge is 2.16. The molecule has 0 unspecified atom stereocenters. The van der Waals surface area contributed by atoms with Crippen LogP contribution in [0, 0.1) is 20.8 Å². The number of rotatable bonds is 6. The second-order valence-electron chi connectivity index (χ2n) is 5.67. The average Bonchev–Trinajstić information content (AvgIpc) is 2.78. The van der Waals surface area contributed by atoms with Crippen molar-refractivity contribution in [2.24, 2.45) is 0 Å².